The summed E-state index contributed by atoms with van der Waals surface area (Å²) in [5.74, 6) is 0.191. The Kier molecular flexibility index (Phi) is 6.20. The summed E-state index contributed by atoms with van der Waals surface area (Å²) in [5.41, 5.74) is 0. The van der Waals surface area contributed by atoms with Crippen molar-refractivity contribution < 1.29 is 14.3 Å². The summed E-state index contributed by atoms with van der Waals surface area (Å²) >= 11 is 3.38. The van der Waals surface area contributed by atoms with Gasteiger partial charge in [-0.15, -0.1) is 0 Å². The lowest BCUT2D eigenvalue weighted by Gasteiger charge is -2.29. The van der Waals surface area contributed by atoms with Gasteiger partial charge in [-0.1, -0.05) is 15.9 Å². The van der Waals surface area contributed by atoms with Gasteiger partial charge in [0.15, 0.2) is 0 Å². The normalized spacial score (nSPS) is 22.1. The molecule has 0 spiro atoms. The van der Waals surface area contributed by atoms with Crippen molar-refractivity contribution in [2.24, 2.45) is 0 Å². The first kappa shape index (κ1) is 12.9. The van der Waals surface area contributed by atoms with Gasteiger partial charge in [-0.2, -0.15) is 0 Å². The summed E-state index contributed by atoms with van der Waals surface area (Å²) in [6.45, 7) is 3.33. The van der Waals surface area contributed by atoms with Gasteiger partial charge in [-0.05, 0) is 12.8 Å². The molecule has 1 unspecified atom stereocenters. The molecule has 1 amide bonds. The number of rotatable bonds is 6. The molecule has 1 heterocycles. The molecule has 0 radical (unpaired) electrons. The van der Waals surface area contributed by atoms with Crippen LogP contribution in [0.2, 0.25) is 0 Å². The van der Waals surface area contributed by atoms with Crippen molar-refractivity contribution in [1.82, 2.24) is 4.90 Å². The van der Waals surface area contributed by atoms with E-state index in [9.17, 15) is 4.79 Å². The van der Waals surface area contributed by atoms with Crippen molar-refractivity contribution in [3.8, 4) is 0 Å². The first-order valence-electron chi connectivity index (χ1n) is 5.25. The average molecular weight is 280 g/mol. The van der Waals surface area contributed by atoms with Crippen molar-refractivity contribution in [3.63, 3.8) is 0 Å². The lowest BCUT2D eigenvalue weighted by molar-refractivity contribution is -0.133. The van der Waals surface area contributed by atoms with Crippen LogP contribution in [0.15, 0.2) is 0 Å². The van der Waals surface area contributed by atoms with Crippen LogP contribution < -0.4 is 0 Å². The molecular formula is C10H18BrNO3. The van der Waals surface area contributed by atoms with Gasteiger partial charge in [0.05, 0.1) is 24.6 Å². The second-order valence-electron chi connectivity index (χ2n) is 3.54. The van der Waals surface area contributed by atoms with Gasteiger partial charge in [-0.25, -0.2) is 0 Å². The highest BCUT2D eigenvalue weighted by molar-refractivity contribution is 9.10. The highest BCUT2D eigenvalue weighted by Gasteiger charge is 2.25. The molecule has 5 heteroatoms. The number of likely N-dealkylation sites (tertiary alicyclic amines) is 1. The first-order chi connectivity index (χ1) is 7.25. The summed E-state index contributed by atoms with van der Waals surface area (Å²) in [6.07, 6.45) is 2.01. The van der Waals surface area contributed by atoms with Crippen LogP contribution in [0.3, 0.4) is 0 Å². The van der Waals surface area contributed by atoms with E-state index in [1.165, 1.54) is 0 Å². The van der Waals surface area contributed by atoms with E-state index in [-0.39, 0.29) is 10.7 Å². The maximum absolute atomic E-state index is 11.6. The SMILES string of the molecule is COCCOCCN1CCCC(Br)C1=O. The number of halogens is 1. The summed E-state index contributed by atoms with van der Waals surface area (Å²) < 4.78 is 10.2. The van der Waals surface area contributed by atoms with E-state index in [0.29, 0.717) is 26.4 Å². The molecule has 15 heavy (non-hydrogen) atoms. The van der Waals surface area contributed by atoms with Crippen LogP contribution in [0, 0.1) is 0 Å². The Hall–Kier alpha value is -0.130. The summed E-state index contributed by atoms with van der Waals surface area (Å²) in [6, 6.07) is 0. The summed E-state index contributed by atoms with van der Waals surface area (Å²) in [7, 11) is 1.65. The molecule has 0 bridgehead atoms. The first-order valence-corrected chi connectivity index (χ1v) is 6.17. The van der Waals surface area contributed by atoms with Crippen molar-refractivity contribution in [1.29, 1.82) is 0 Å². The Morgan fingerprint density at radius 3 is 3.00 bits per heavy atom. The quantitative estimate of drug-likeness (QED) is 0.539. The smallest absolute Gasteiger partial charge is 0.236 e. The van der Waals surface area contributed by atoms with Gasteiger partial charge in [0.25, 0.3) is 0 Å². The highest BCUT2D eigenvalue weighted by Crippen LogP contribution is 2.17. The van der Waals surface area contributed by atoms with E-state index in [1.807, 2.05) is 4.90 Å². The minimum atomic E-state index is 0.00484. The van der Waals surface area contributed by atoms with E-state index in [0.717, 1.165) is 19.4 Å². The van der Waals surface area contributed by atoms with Gasteiger partial charge < -0.3 is 14.4 Å². The molecule has 0 aliphatic carbocycles. The van der Waals surface area contributed by atoms with Gasteiger partial charge in [0.2, 0.25) is 5.91 Å². The fourth-order valence-electron chi connectivity index (χ4n) is 1.53. The van der Waals surface area contributed by atoms with Crippen molar-refractivity contribution in [2.45, 2.75) is 17.7 Å². The van der Waals surface area contributed by atoms with E-state index >= 15 is 0 Å². The topological polar surface area (TPSA) is 38.8 Å². The lowest BCUT2D eigenvalue weighted by atomic mass is 10.1. The number of alkyl halides is 1. The van der Waals surface area contributed by atoms with Gasteiger partial charge in [0.1, 0.15) is 0 Å². The third-order valence-corrected chi connectivity index (χ3v) is 3.25. The zero-order chi connectivity index (χ0) is 11.1. The number of hydrogen-bond donors (Lipinski definition) is 0. The molecule has 0 aromatic rings. The van der Waals surface area contributed by atoms with Crippen LogP contribution in [0.25, 0.3) is 0 Å². The van der Waals surface area contributed by atoms with Crippen LogP contribution in [0.5, 0.6) is 0 Å². The number of amides is 1. The second-order valence-corrected chi connectivity index (χ2v) is 4.65. The molecule has 4 nitrogen and oxygen atoms in total. The Bertz CT molecular complexity index is 201. The lowest BCUT2D eigenvalue weighted by Crippen LogP contribution is -2.43. The standard InChI is InChI=1S/C10H18BrNO3/c1-14-7-8-15-6-5-12-4-2-3-9(11)10(12)13/h9H,2-8H2,1H3. The molecular weight excluding hydrogens is 262 g/mol. The van der Waals surface area contributed by atoms with Crippen molar-refractivity contribution >= 4 is 21.8 Å². The Morgan fingerprint density at radius 1 is 1.47 bits per heavy atom. The van der Waals surface area contributed by atoms with Crippen molar-refractivity contribution in [2.75, 3.05) is 40.0 Å². The Morgan fingerprint density at radius 2 is 2.27 bits per heavy atom. The molecule has 0 N–H and O–H groups in total. The van der Waals surface area contributed by atoms with E-state index in [1.54, 1.807) is 7.11 Å². The molecule has 1 aliphatic heterocycles. The average Bonchev–Trinajstić information content (AvgIpc) is 2.24. The number of piperidine rings is 1. The van der Waals surface area contributed by atoms with E-state index in [2.05, 4.69) is 15.9 Å². The molecule has 1 aliphatic rings. The fraction of sp³-hybridized carbons (Fsp3) is 0.900. The maximum Gasteiger partial charge on any atom is 0.236 e. The largest absolute Gasteiger partial charge is 0.382 e. The molecule has 1 fully saturated rings. The molecule has 0 saturated carbocycles. The maximum atomic E-state index is 11.6. The number of carbonyl (C=O) groups is 1. The molecule has 88 valence electrons. The number of carbonyl (C=O) groups excluding carboxylic acids is 1. The van der Waals surface area contributed by atoms with Crippen LogP contribution in [-0.4, -0.2) is 55.7 Å². The predicted octanol–water partition coefficient (Wildman–Crippen LogP) is 1.04. The van der Waals surface area contributed by atoms with Gasteiger partial charge in [-0.3, -0.25) is 4.79 Å². The zero-order valence-corrected chi connectivity index (χ0v) is 10.7. The number of nitrogens with zero attached hydrogens (tertiary/aromatic N) is 1. The van der Waals surface area contributed by atoms with Crippen LogP contribution in [0.1, 0.15) is 12.8 Å². The van der Waals surface area contributed by atoms with Crippen LogP contribution in [0.4, 0.5) is 0 Å². The third kappa shape index (κ3) is 4.49. The summed E-state index contributed by atoms with van der Waals surface area (Å²) in [5, 5.41) is 0. The second kappa shape index (κ2) is 7.19. The van der Waals surface area contributed by atoms with Gasteiger partial charge in [0, 0.05) is 20.2 Å². The molecule has 0 aromatic heterocycles. The van der Waals surface area contributed by atoms with Crippen LogP contribution >= 0.6 is 15.9 Å². The van der Waals surface area contributed by atoms with Crippen LogP contribution in [-0.2, 0) is 14.3 Å². The minimum absolute atomic E-state index is 0.00484. The number of ether oxygens (including phenoxy) is 2. The van der Waals surface area contributed by atoms with Gasteiger partial charge >= 0.3 is 0 Å². The predicted molar refractivity (Wildman–Crippen MR) is 61.2 cm³/mol. The van der Waals surface area contributed by atoms with Crippen molar-refractivity contribution in [3.05, 3.63) is 0 Å². The monoisotopic (exact) mass is 279 g/mol. The summed E-state index contributed by atoms with van der Waals surface area (Å²) in [4.78, 5) is 13.5. The number of methoxy groups -OCH3 is 1. The number of hydrogen-bond acceptors (Lipinski definition) is 3. The highest BCUT2D eigenvalue weighted by atomic mass is 79.9. The fourth-order valence-corrected chi connectivity index (χ4v) is 2.15. The van der Waals surface area contributed by atoms with E-state index < -0.39 is 0 Å². The van der Waals surface area contributed by atoms with E-state index in [4.69, 9.17) is 9.47 Å². The molecule has 1 atom stereocenters. The zero-order valence-electron chi connectivity index (χ0n) is 9.08. The molecule has 1 saturated heterocycles. The third-order valence-electron chi connectivity index (χ3n) is 2.40. The Balaban J connectivity index is 2.12. The molecule has 0 aromatic carbocycles. The Labute approximate surface area is 99.0 Å². The minimum Gasteiger partial charge on any atom is -0.382 e. The molecule has 1 rings (SSSR count).